The largest absolute Gasteiger partial charge is 0.493 e. The van der Waals surface area contributed by atoms with E-state index in [2.05, 4.69) is 51.5 Å². The van der Waals surface area contributed by atoms with Crippen molar-refractivity contribution < 1.29 is 13.9 Å². The van der Waals surface area contributed by atoms with Crippen LogP contribution < -0.4 is 9.47 Å². The fourth-order valence-corrected chi connectivity index (χ4v) is 3.64. The number of hydrogen-bond donors (Lipinski definition) is 0. The molecule has 0 spiro atoms. The van der Waals surface area contributed by atoms with Gasteiger partial charge in [0.25, 0.3) is 0 Å². The molecule has 1 aliphatic carbocycles. The fraction of sp³-hybridized carbons (Fsp3) is 0.458. The zero-order chi connectivity index (χ0) is 21.2. The minimum atomic E-state index is -1.82. The zero-order valence-electron chi connectivity index (χ0n) is 18.5. The van der Waals surface area contributed by atoms with E-state index < -0.39 is 8.32 Å². The minimum Gasteiger partial charge on any atom is -0.493 e. The van der Waals surface area contributed by atoms with Gasteiger partial charge in [0.05, 0.1) is 19.8 Å². The topological polar surface area (TPSA) is 40.6 Å². The molecule has 156 valence electrons. The molecule has 1 fully saturated rings. The Morgan fingerprint density at radius 1 is 1.10 bits per heavy atom. The van der Waals surface area contributed by atoms with Crippen LogP contribution in [0, 0.1) is 0 Å². The highest BCUT2D eigenvalue weighted by Crippen LogP contribution is 2.38. The number of ether oxygens (including phenoxy) is 2. The molecule has 2 aromatic rings. The summed E-state index contributed by atoms with van der Waals surface area (Å²) in [5, 5.41) is 0.175. The second kappa shape index (κ2) is 8.32. The Labute approximate surface area is 176 Å². The molecule has 5 heteroatoms. The Balaban J connectivity index is 1.78. The van der Waals surface area contributed by atoms with E-state index in [9.17, 15) is 0 Å². The maximum absolute atomic E-state index is 6.33. The molecule has 1 aliphatic rings. The van der Waals surface area contributed by atoms with Gasteiger partial charge in [0.15, 0.2) is 19.8 Å². The van der Waals surface area contributed by atoms with Crippen LogP contribution in [0.4, 0.5) is 0 Å². The molecule has 4 nitrogen and oxygen atoms in total. The summed E-state index contributed by atoms with van der Waals surface area (Å²) in [6, 6.07) is 8.14. The fourth-order valence-electron chi connectivity index (χ4n) is 2.67. The second-order valence-electron chi connectivity index (χ2n) is 9.30. The van der Waals surface area contributed by atoms with Crippen LogP contribution in [0.15, 0.2) is 43.2 Å². The van der Waals surface area contributed by atoms with Crippen molar-refractivity contribution in [2.24, 2.45) is 0 Å². The number of aromatic nitrogens is 1. The van der Waals surface area contributed by atoms with Crippen LogP contribution >= 0.6 is 0 Å². The van der Waals surface area contributed by atoms with E-state index in [-0.39, 0.29) is 5.04 Å². The van der Waals surface area contributed by atoms with E-state index in [0.717, 1.165) is 46.6 Å². The zero-order valence-corrected chi connectivity index (χ0v) is 19.5. The third-order valence-corrected chi connectivity index (χ3v) is 10.4. The molecule has 0 N–H and O–H groups in total. The summed E-state index contributed by atoms with van der Waals surface area (Å²) < 4.78 is 17.8. The van der Waals surface area contributed by atoms with E-state index in [1.807, 2.05) is 30.6 Å². The first kappa shape index (κ1) is 21.6. The van der Waals surface area contributed by atoms with Crippen LogP contribution in [-0.2, 0) is 4.43 Å². The van der Waals surface area contributed by atoms with Crippen molar-refractivity contribution in [2.75, 3.05) is 13.7 Å². The van der Waals surface area contributed by atoms with Gasteiger partial charge in [-0.2, -0.15) is 0 Å². The lowest BCUT2D eigenvalue weighted by atomic mass is 10.0. The predicted octanol–water partition coefficient (Wildman–Crippen LogP) is 6.33. The predicted molar refractivity (Wildman–Crippen MR) is 122 cm³/mol. The smallest absolute Gasteiger partial charge is 0.192 e. The first-order chi connectivity index (χ1) is 13.6. The quantitative estimate of drug-likeness (QED) is 0.476. The van der Waals surface area contributed by atoms with Crippen LogP contribution in [0.25, 0.3) is 16.7 Å². The van der Waals surface area contributed by atoms with Gasteiger partial charge in [-0.15, -0.1) is 0 Å². The van der Waals surface area contributed by atoms with Crippen LogP contribution in [0.3, 0.4) is 0 Å². The lowest BCUT2D eigenvalue weighted by Crippen LogP contribution is -2.41. The van der Waals surface area contributed by atoms with Crippen molar-refractivity contribution >= 4 is 13.9 Å². The van der Waals surface area contributed by atoms with Gasteiger partial charge >= 0.3 is 0 Å². The van der Waals surface area contributed by atoms with Gasteiger partial charge in [-0.05, 0) is 65.9 Å². The summed E-state index contributed by atoms with van der Waals surface area (Å²) in [6.07, 6.45) is 6.26. The Hall–Kier alpha value is -2.11. The van der Waals surface area contributed by atoms with E-state index in [4.69, 9.17) is 13.9 Å². The standard InChI is InChI=1S/C24H33NO3Si/c1-17(16-27-29(6,7)24(2,3)4)19-12-20(15-25-14-19)18-8-11-22(26-5)23(13-18)28-21-9-10-21/h8,11-15,21H,1,9-10,16H2,2-7H3. The van der Waals surface area contributed by atoms with Gasteiger partial charge in [0.2, 0.25) is 0 Å². The summed E-state index contributed by atoms with van der Waals surface area (Å²) >= 11 is 0. The highest BCUT2D eigenvalue weighted by molar-refractivity contribution is 6.74. The van der Waals surface area contributed by atoms with E-state index in [0.29, 0.717) is 12.7 Å². The summed E-state index contributed by atoms with van der Waals surface area (Å²) in [6.45, 7) is 16.0. The van der Waals surface area contributed by atoms with Crippen LogP contribution in [0.2, 0.25) is 18.1 Å². The average Bonchev–Trinajstić information content (AvgIpc) is 3.49. The number of nitrogens with zero attached hydrogens (tertiary/aromatic N) is 1. The molecule has 0 bridgehead atoms. The SMILES string of the molecule is C=C(CO[Si](C)(C)C(C)(C)C)c1cncc(-c2ccc(OC)c(OC3CC3)c2)c1. The third-order valence-electron chi connectivity index (χ3n) is 5.87. The summed E-state index contributed by atoms with van der Waals surface area (Å²) in [4.78, 5) is 4.44. The number of methoxy groups -OCH3 is 1. The van der Waals surface area contributed by atoms with Gasteiger partial charge in [-0.3, -0.25) is 4.98 Å². The van der Waals surface area contributed by atoms with Crippen LogP contribution in [0.5, 0.6) is 11.5 Å². The van der Waals surface area contributed by atoms with E-state index >= 15 is 0 Å². The van der Waals surface area contributed by atoms with Crippen molar-refractivity contribution in [3.05, 3.63) is 48.8 Å². The van der Waals surface area contributed by atoms with E-state index in [1.54, 1.807) is 7.11 Å². The van der Waals surface area contributed by atoms with Crippen molar-refractivity contribution in [2.45, 2.75) is 57.8 Å². The number of hydrogen-bond acceptors (Lipinski definition) is 4. The monoisotopic (exact) mass is 411 g/mol. The van der Waals surface area contributed by atoms with Crippen molar-refractivity contribution in [3.63, 3.8) is 0 Å². The first-order valence-corrected chi connectivity index (χ1v) is 13.1. The maximum Gasteiger partial charge on any atom is 0.192 e. The van der Waals surface area contributed by atoms with Gasteiger partial charge < -0.3 is 13.9 Å². The van der Waals surface area contributed by atoms with Crippen molar-refractivity contribution in [3.8, 4) is 22.6 Å². The molecule has 1 heterocycles. The molecule has 1 aromatic heterocycles. The molecular weight excluding hydrogens is 378 g/mol. The van der Waals surface area contributed by atoms with E-state index in [1.165, 1.54) is 0 Å². The summed E-state index contributed by atoms with van der Waals surface area (Å²) in [5.41, 5.74) is 4.03. The third kappa shape index (κ3) is 5.28. The molecule has 0 aliphatic heterocycles. The number of rotatable bonds is 8. The summed E-state index contributed by atoms with van der Waals surface area (Å²) in [5.74, 6) is 1.55. The highest BCUT2D eigenvalue weighted by Gasteiger charge is 2.37. The number of pyridine rings is 1. The normalized spacial score (nSPS) is 14.6. The Morgan fingerprint density at radius 2 is 1.83 bits per heavy atom. The van der Waals surface area contributed by atoms with Gasteiger partial charge in [-0.1, -0.05) is 33.4 Å². The molecule has 1 aromatic carbocycles. The number of benzene rings is 1. The lowest BCUT2D eigenvalue weighted by molar-refractivity contribution is 0.282. The average molecular weight is 412 g/mol. The second-order valence-corrected chi connectivity index (χ2v) is 14.1. The molecule has 1 saturated carbocycles. The van der Waals surface area contributed by atoms with Crippen molar-refractivity contribution in [1.29, 1.82) is 0 Å². The first-order valence-electron chi connectivity index (χ1n) is 10.2. The van der Waals surface area contributed by atoms with Gasteiger partial charge in [0, 0.05) is 18.0 Å². The Kier molecular flexibility index (Phi) is 6.20. The molecule has 0 atom stereocenters. The maximum atomic E-state index is 6.33. The van der Waals surface area contributed by atoms with Crippen LogP contribution in [0.1, 0.15) is 39.2 Å². The molecule has 0 amide bonds. The Morgan fingerprint density at radius 3 is 2.45 bits per heavy atom. The Bertz CT molecular complexity index is 882. The van der Waals surface area contributed by atoms with Gasteiger partial charge in [-0.25, -0.2) is 0 Å². The summed E-state index contributed by atoms with van der Waals surface area (Å²) in [7, 11) is -0.148. The van der Waals surface area contributed by atoms with Crippen molar-refractivity contribution in [1.82, 2.24) is 4.98 Å². The lowest BCUT2D eigenvalue weighted by Gasteiger charge is -2.36. The molecule has 0 radical (unpaired) electrons. The molecule has 3 rings (SSSR count). The molecular formula is C24H33NO3Si. The van der Waals surface area contributed by atoms with Gasteiger partial charge in [0.1, 0.15) is 0 Å². The molecule has 29 heavy (non-hydrogen) atoms. The molecule has 0 saturated heterocycles. The minimum absolute atomic E-state index is 0.175. The molecule has 0 unspecified atom stereocenters. The highest BCUT2D eigenvalue weighted by atomic mass is 28.4. The van der Waals surface area contributed by atoms with Crippen LogP contribution in [-0.4, -0.2) is 33.1 Å².